The van der Waals surface area contributed by atoms with E-state index in [1.807, 2.05) is 48.3 Å². The Morgan fingerprint density at radius 2 is 1.79 bits per heavy atom. The van der Waals surface area contributed by atoms with Crippen LogP contribution >= 0.6 is 22.9 Å². The molecule has 6 nitrogen and oxygen atoms in total. The number of imidazole rings is 1. The Balaban J connectivity index is 1.86. The first kappa shape index (κ1) is 22.7. The minimum absolute atomic E-state index is 0.0895. The van der Waals surface area contributed by atoms with Crippen molar-refractivity contribution in [2.45, 2.75) is 6.92 Å². The van der Waals surface area contributed by atoms with Gasteiger partial charge in [-0.2, -0.15) is 0 Å². The molecule has 0 amide bonds. The zero-order valence-corrected chi connectivity index (χ0v) is 21.8. The SMILES string of the molecule is CO[Si](c1ccc(Cl)cc1)(c1cnc2c(c1)c(-c1ccc(C)s1)cc(=O)n2C)c1cncn1C. The summed E-state index contributed by atoms with van der Waals surface area (Å²) in [6.45, 7) is 2.06. The third-order valence-electron chi connectivity index (χ3n) is 6.22. The molecule has 0 bridgehead atoms. The first-order valence-electron chi connectivity index (χ1n) is 10.7. The molecule has 0 saturated heterocycles. The highest BCUT2D eigenvalue weighted by Crippen LogP contribution is 2.31. The van der Waals surface area contributed by atoms with Crippen molar-refractivity contribution >= 4 is 58.0 Å². The van der Waals surface area contributed by atoms with Crippen LogP contribution < -0.4 is 21.2 Å². The number of rotatable bonds is 5. The number of benzene rings is 1. The number of halogens is 1. The van der Waals surface area contributed by atoms with Gasteiger partial charge in [-0.15, -0.1) is 11.3 Å². The number of aryl methyl sites for hydroxylation is 3. The summed E-state index contributed by atoms with van der Waals surface area (Å²) in [6, 6.07) is 15.7. The van der Waals surface area contributed by atoms with E-state index < -0.39 is 8.32 Å². The Kier molecular flexibility index (Phi) is 5.77. The Labute approximate surface area is 207 Å². The largest absolute Gasteiger partial charge is 0.407 e. The van der Waals surface area contributed by atoms with Gasteiger partial charge in [0, 0.05) is 65.4 Å². The van der Waals surface area contributed by atoms with E-state index in [4.69, 9.17) is 21.0 Å². The van der Waals surface area contributed by atoms with Crippen LogP contribution in [0.15, 0.2) is 72.0 Å². The van der Waals surface area contributed by atoms with E-state index in [2.05, 4.69) is 30.1 Å². The summed E-state index contributed by atoms with van der Waals surface area (Å²) in [6.07, 6.45) is 5.48. The molecule has 0 fully saturated rings. The van der Waals surface area contributed by atoms with Crippen LogP contribution in [-0.4, -0.2) is 34.5 Å². The maximum Gasteiger partial charge on any atom is 0.307 e. The molecule has 9 heteroatoms. The van der Waals surface area contributed by atoms with Gasteiger partial charge in [-0.05, 0) is 47.6 Å². The molecule has 0 saturated carbocycles. The third kappa shape index (κ3) is 3.54. The van der Waals surface area contributed by atoms with Crippen LogP contribution in [0.5, 0.6) is 0 Å². The second-order valence-corrected chi connectivity index (χ2v) is 13.4. The van der Waals surface area contributed by atoms with E-state index in [1.165, 1.54) is 4.88 Å². The first-order valence-corrected chi connectivity index (χ1v) is 13.8. The topological polar surface area (TPSA) is 61.9 Å². The van der Waals surface area contributed by atoms with Crippen LogP contribution in [0.25, 0.3) is 21.5 Å². The van der Waals surface area contributed by atoms with Crippen LogP contribution in [0.2, 0.25) is 5.02 Å². The van der Waals surface area contributed by atoms with Gasteiger partial charge in [0.15, 0.2) is 0 Å². The molecule has 4 heterocycles. The van der Waals surface area contributed by atoms with Gasteiger partial charge in [-0.3, -0.25) is 9.36 Å². The average Bonchev–Trinajstić information content (AvgIpc) is 3.46. The van der Waals surface area contributed by atoms with Gasteiger partial charge < -0.3 is 8.99 Å². The van der Waals surface area contributed by atoms with E-state index >= 15 is 0 Å². The fourth-order valence-corrected chi connectivity index (χ4v) is 9.15. The number of pyridine rings is 2. The monoisotopic (exact) mass is 506 g/mol. The van der Waals surface area contributed by atoms with Crippen LogP contribution in [0, 0.1) is 6.92 Å². The lowest BCUT2D eigenvalue weighted by Gasteiger charge is -2.31. The van der Waals surface area contributed by atoms with Crippen molar-refractivity contribution in [1.29, 1.82) is 0 Å². The fraction of sp³-hybridized carbons (Fsp3) is 0.160. The van der Waals surface area contributed by atoms with Gasteiger partial charge in [-0.25, -0.2) is 9.97 Å². The fourth-order valence-electron chi connectivity index (χ4n) is 4.48. The van der Waals surface area contributed by atoms with E-state index in [1.54, 1.807) is 42.5 Å². The maximum absolute atomic E-state index is 12.7. The van der Waals surface area contributed by atoms with Gasteiger partial charge in [0.05, 0.1) is 11.6 Å². The molecular formula is C25H23ClN4O2SSi. The molecule has 172 valence electrons. The molecule has 1 aromatic carbocycles. The summed E-state index contributed by atoms with van der Waals surface area (Å²) in [5.41, 5.74) is 1.43. The smallest absolute Gasteiger partial charge is 0.307 e. The van der Waals surface area contributed by atoms with Crippen molar-refractivity contribution < 1.29 is 4.43 Å². The van der Waals surface area contributed by atoms with Gasteiger partial charge in [0.1, 0.15) is 5.65 Å². The number of hydrogen-bond acceptors (Lipinski definition) is 5. The van der Waals surface area contributed by atoms with Crippen molar-refractivity contribution in [1.82, 2.24) is 19.1 Å². The van der Waals surface area contributed by atoms with Gasteiger partial charge in [0.25, 0.3) is 5.56 Å². The third-order valence-corrected chi connectivity index (χ3v) is 11.6. The Morgan fingerprint density at radius 3 is 2.41 bits per heavy atom. The molecule has 5 aromatic rings. The lowest BCUT2D eigenvalue weighted by molar-refractivity contribution is 0.425. The van der Waals surface area contributed by atoms with Crippen molar-refractivity contribution in [3.8, 4) is 10.4 Å². The lowest BCUT2D eigenvalue weighted by Crippen LogP contribution is -2.70. The normalized spacial score (nSPS) is 13.3. The van der Waals surface area contributed by atoms with Crippen LogP contribution in [0.4, 0.5) is 0 Å². The van der Waals surface area contributed by atoms with Crippen LogP contribution in [0.1, 0.15) is 4.88 Å². The highest BCUT2D eigenvalue weighted by molar-refractivity contribution is 7.15. The summed E-state index contributed by atoms with van der Waals surface area (Å²) in [5, 5.41) is 4.54. The second-order valence-electron chi connectivity index (χ2n) is 8.24. The van der Waals surface area contributed by atoms with Gasteiger partial charge in [-0.1, -0.05) is 23.7 Å². The standard InChI is InChI=1S/C25H23ClN4O2SSi/c1-16-5-10-22(33-16)20-12-23(31)30(3)25-21(20)11-19(13-28-25)34(32-4,24-14-27-15-29(24)2)18-8-6-17(26)7-9-18/h5-15H,1-4H3. The quantitative estimate of drug-likeness (QED) is 0.344. The molecule has 34 heavy (non-hydrogen) atoms. The van der Waals surface area contributed by atoms with E-state index in [0.29, 0.717) is 10.7 Å². The highest BCUT2D eigenvalue weighted by atomic mass is 35.5. The molecule has 0 radical (unpaired) electrons. The summed E-state index contributed by atoms with van der Waals surface area (Å²) < 4.78 is 10.0. The van der Waals surface area contributed by atoms with E-state index in [9.17, 15) is 4.79 Å². The highest BCUT2D eigenvalue weighted by Gasteiger charge is 2.44. The molecule has 0 aliphatic heterocycles. The summed E-state index contributed by atoms with van der Waals surface area (Å²) in [7, 11) is 2.48. The summed E-state index contributed by atoms with van der Waals surface area (Å²) in [5.74, 6) is 0. The van der Waals surface area contributed by atoms with Gasteiger partial charge >= 0.3 is 8.32 Å². The molecule has 0 N–H and O–H groups in total. The van der Waals surface area contributed by atoms with Crippen molar-refractivity contribution in [3.05, 3.63) is 87.5 Å². The molecule has 4 aromatic heterocycles. The predicted molar refractivity (Wildman–Crippen MR) is 141 cm³/mol. The number of thiophene rings is 1. The van der Waals surface area contributed by atoms with Crippen molar-refractivity contribution in [2.24, 2.45) is 14.1 Å². The molecule has 0 spiro atoms. The minimum atomic E-state index is -2.98. The van der Waals surface area contributed by atoms with Crippen LogP contribution in [0.3, 0.4) is 0 Å². The number of aromatic nitrogens is 4. The Bertz CT molecular complexity index is 1570. The van der Waals surface area contributed by atoms with Crippen molar-refractivity contribution in [2.75, 3.05) is 7.11 Å². The molecule has 5 rings (SSSR count). The first-order chi connectivity index (χ1) is 16.3. The maximum atomic E-state index is 12.7. The number of hydrogen-bond donors (Lipinski definition) is 0. The molecule has 1 unspecified atom stereocenters. The molecule has 0 aliphatic rings. The number of nitrogens with zero attached hydrogens (tertiary/aromatic N) is 4. The Morgan fingerprint density at radius 1 is 1.03 bits per heavy atom. The average molecular weight is 507 g/mol. The zero-order chi connectivity index (χ0) is 24.0. The second kappa shape index (κ2) is 8.63. The molecule has 1 atom stereocenters. The molecular weight excluding hydrogens is 484 g/mol. The summed E-state index contributed by atoms with van der Waals surface area (Å²) in [4.78, 5) is 24.2. The zero-order valence-electron chi connectivity index (χ0n) is 19.2. The summed E-state index contributed by atoms with van der Waals surface area (Å²) >= 11 is 7.88. The molecule has 0 aliphatic carbocycles. The van der Waals surface area contributed by atoms with E-state index in [0.717, 1.165) is 31.5 Å². The van der Waals surface area contributed by atoms with Crippen molar-refractivity contribution in [3.63, 3.8) is 0 Å². The lowest BCUT2D eigenvalue weighted by atomic mass is 10.1. The Hall–Kier alpha value is -3.04. The van der Waals surface area contributed by atoms with Gasteiger partial charge in [0.2, 0.25) is 0 Å². The minimum Gasteiger partial charge on any atom is -0.407 e. The van der Waals surface area contributed by atoms with E-state index in [-0.39, 0.29) is 5.56 Å². The predicted octanol–water partition coefficient (Wildman–Crippen LogP) is 2.97. The van der Waals surface area contributed by atoms with Crippen LogP contribution in [-0.2, 0) is 18.5 Å². The number of fused-ring (bicyclic) bond motifs is 1.